The van der Waals surface area contributed by atoms with Crippen LogP contribution in [0.3, 0.4) is 0 Å². The number of para-hydroxylation sites is 1. The highest BCUT2D eigenvalue weighted by atomic mass is 32.1. The summed E-state index contributed by atoms with van der Waals surface area (Å²) in [5.41, 5.74) is 1.72. The van der Waals surface area contributed by atoms with Crippen molar-refractivity contribution >= 4 is 49.1 Å². The fourth-order valence-corrected chi connectivity index (χ4v) is 6.45. The Labute approximate surface area is 202 Å². The number of hydrogen-bond donors (Lipinski definition) is 0. The summed E-state index contributed by atoms with van der Waals surface area (Å²) in [6, 6.07) is 11.9. The van der Waals surface area contributed by atoms with Gasteiger partial charge in [0.25, 0.3) is 5.91 Å². The minimum Gasteiger partial charge on any atom is -0.355 e. The van der Waals surface area contributed by atoms with Gasteiger partial charge in [0.2, 0.25) is 5.43 Å². The van der Waals surface area contributed by atoms with Crippen molar-refractivity contribution in [2.75, 3.05) is 51.2 Å². The molecule has 0 N–H and O–H groups in total. The maximum absolute atomic E-state index is 13.8. The van der Waals surface area contributed by atoms with E-state index in [1.807, 2.05) is 45.7 Å². The van der Waals surface area contributed by atoms with Gasteiger partial charge in [-0.05, 0) is 63.5 Å². The van der Waals surface area contributed by atoms with E-state index < -0.39 is 0 Å². The molecule has 8 heteroatoms. The molecule has 1 aromatic carbocycles. The van der Waals surface area contributed by atoms with E-state index in [1.165, 1.54) is 11.3 Å². The van der Waals surface area contributed by atoms with E-state index in [9.17, 15) is 9.59 Å². The Bertz CT molecular complexity index is 1450. The van der Waals surface area contributed by atoms with Crippen molar-refractivity contribution in [2.45, 2.75) is 25.7 Å². The molecule has 34 heavy (non-hydrogen) atoms. The second-order valence-electron chi connectivity index (χ2n) is 9.45. The fourth-order valence-electron chi connectivity index (χ4n) is 5.27. The number of nitrogens with zero attached hydrogens (tertiary/aromatic N) is 5. The molecule has 4 aromatic rings. The van der Waals surface area contributed by atoms with Gasteiger partial charge in [0.1, 0.15) is 16.2 Å². The number of fused-ring (bicyclic) bond motifs is 5. The molecule has 1 amide bonds. The topological polar surface area (TPSA) is 61.2 Å². The predicted octanol–water partition coefficient (Wildman–Crippen LogP) is 3.83. The van der Waals surface area contributed by atoms with Crippen molar-refractivity contribution in [1.29, 1.82) is 0 Å². The van der Waals surface area contributed by atoms with Crippen LogP contribution in [-0.4, -0.2) is 71.4 Å². The standard InChI is InChI=1S/C26H29N5O2S/c1-28-12-7-15-29(17-16-28)21-11-10-18-23(32)22(25(33)30-13-5-2-6-14-30)26-31(24(18)27-21)19-8-3-4-9-20(19)34-26/h3-4,8-11H,2,5-7,12-17H2,1H3. The zero-order valence-corrected chi connectivity index (χ0v) is 20.3. The first kappa shape index (κ1) is 21.6. The maximum Gasteiger partial charge on any atom is 0.260 e. The van der Waals surface area contributed by atoms with Crippen molar-refractivity contribution in [3.63, 3.8) is 0 Å². The highest BCUT2D eigenvalue weighted by molar-refractivity contribution is 7.24. The summed E-state index contributed by atoms with van der Waals surface area (Å²) < 4.78 is 3.09. The SMILES string of the molecule is CN1CCCN(c2ccc3c(=O)c(C(=O)N4CCCCC4)c4sc5ccccc5n4c3n2)CC1. The minimum absolute atomic E-state index is 0.143. The van der Waals surface area contributed by atoms with Crippen LogP contribution in [0.5, 0.6) is 0 Å². The second-order valence-corrected chi connectivity index (χ2v) is 10.5. The molecular formula is C26H29N5O2S. The van der Waals surface area contributed by atoms with Crippen LogP contribution in [0.2, 0.25) is 0 Å². The minimum atomic E-state index is -0.202. The van der Waals surface area contributed by atoms with Crippen molar-refractivity contribution in [2.24, 2.45) is 0 Å². The number of aromatic nitrogens is 2. The molecule has 0 aliphatic carbocycles. The normalized spacial score (nSPS) is 18.1. The Morgan fingerprint density at radius 2 is 1.74 bits per heavy atom. The van der Waals surface area contributed by atoms with E-state index in [2.05, 4.69) is 16.8 Å². The number of likely N-dealkylation sites (N-methyl/N-ethyl adjacent to an activating group) is 1. The Hall–Kier alpha value is -2.97. The molecule has 0 radical (unpaired) electrons. The zero-order chi connectivity index (χ0) is 23.2. The largest absolute Gasteiger partial charge is 0.355 e. The summed E-state index contributed by atoms with van der Waals surface area (Å²) >= 11 is 1.51. The highest BCUT2D eigenvalue weighted by Gasteiger charge is 2.27. The summed E-state index contributed by atoms with van der Waals surface area (Å²) in [7, 11) is 2.15. The Balaban J connectivity index is 1.59. The van der Waals surface area contributed by atoms with Crippen LogP contribution in [0, 0.1) is 0 Å². The molecule has 2 aliphatic rings. The van der Waals surface area contributed by atoms with Crippen LogP contribution in [0.15, 0.2) is 41.2 Å². The summed E-state index contributed by atoms with van der Waals surface area (Å²) in [5, 5.41) is 0.511. The van der Waals surface area contributed by atoms with E-state index in [-0.39, 0.29) is 11.3 Å². The van der Waals surface area contributed by atoms with E-state index in [0.717, 1.165) is 67.9 Å². The van der Waals surface area contributed by atoms with Crippen molar-refractivity contribution in [1.82, 2.24) is 19.2 Å². The van der Waals surface area contributed by atoms with Gasteiger partial charge in [0.05, 0.1) is 15.6 Å². The Kier molecular flexibility index (Phi) is 5.50. The third-order valence-corrected chi connectivity index (χ3v) is 8.32. The lowest BCUT2D eigenvalue weighted by atomic mass is 10.1. The number of piperidine rings is 1. The molecule has 2 saturated heterocycles. The summed E-state index contributed by atoms with van der Waals surface area (Å²) in [6.07, 6.45) is 4.20. The third-order valence-electron chi connectivity index (χ3n) is 7.17. The van der Waals surface area contributed by atoms with Crippen LogP contribution in [-0.2, 0) is 0 Å². The quantitative estimate of drug-likeness (QED) is 0.441. The highest BCUT2D eigenvalue weighted by Crippen LogP contribution is 2.32. The van der Waals surface area contributed by atoms with Gasteiger partial charge in [-0.1, -0.05) is 12.1 Å². The first-order valence-electron chi connectivity index (χ1n) is 12.2. The zero-order valence-electron chi connectivity index (χ0n) is 19.5. The van der Waals surface area contributed by atoms with Gasteiger partial charge in [-0.2, -0.15) is 0 Å². The number of anilines is 1. The lowest BCUT2D eigenvalue weighted by Gasteiger charge is -2.27. The molecule has 0 spiro atoms. The molecule has 0 atom stereocenters. The number of benzene rings is 1. The first-order valence-corrected chi connectivity index (χ1v) is 13.0. The monoisotopic (exact) mass is 475 g/mol. The Morgan fingerprint density at radius 1 is 0.912 bits per heavy atom. The number of amides is 1. The van der Waals surface area contributed by atoms with Gasteiger partial charge < -0.3 is 14.7 Å². The van der Waals surface area contributed by atoms with E-state index in [4.69, 9.17) is 4.98 Å². The molecule has 2 fully saturated rings. The number of thiazole rings is 1. The first-order chi connectivity index (χ1) is 16.6. The molecule has 0 saturated carbocycles. The average Bonchev–Trinajstić information content (AvgIpc) is 3.11. The molecule has 0 bridgehead atoms. The number of likely N-dealkylation sites (tertiary alicyclic amines) is 1. The molecule has 5 heterocycles. The Morgan fingerprint density at radius 3 is 2.59 bits per heavy atom. The van der Waals surface area contributed by atoms with E-state index in [0.29, 0.717) is 34.5 Å². The van der Waals surface area contributed by atoms with Gasteiger partial charge in [-0.15, -0.1) is 11.3 Å². The maximum atomic E-state index is 13.8. The summed E-state index contributed by atoms with van der Waals surface area (Å²) in [6.45, 7) is 5.34. The molecule has 176 valence electrons. The van der Waals surface area contributed by atoms with Crippen LogP contribution in [0.4, 0.5) is 5.82 Å². The fraction of sp³-hybridized carbons (Fsp3) is 0.423. The number of hydrogen-bond acceptors (Lipinski definition) is 6. The number of pyridine rings is 2. The second kappa shape index (κ2) is 8.67. The summed E-state index contributed by atoms with van der Waals surface area (Å²) in [4.78, 5) is 39.6. The average molecular weight is 476 g/mol. The molecule has 0 unspecified atom stereocenters. The van der Waals surface area contributed by atoms with Crippen LogP contribution >= 0.6 is 11.3 Å². The molecule has 7 nitrogen and oxygen atoms in total. The molecule has 6 rings (SSSR count). The lowest BCUT2D eigenvalue weighted by molar-refractivity contribution is 0.0725. The predicted molar refractivity (Wildman–Crippen MR) is 138 cm³/mol. The van der Waals surface area contributed by atoms with Gasteiger partial charge in [-0.25, -0.2) is 4.98 Å². The van der Waals surface area contributed by atoms with E-state index >= 15 is 0 Å². The smallest absolute Gasteiger partial charge is 0.260 e. The lowest BCUT2D eigenvalue weighted by Crippen LogP contribution is -2.38. The van der Waals surface area contributed by atoms with Crippen LogP contribution in [0.25, 0.3) is 26.1 Å². The summed E-state index contributed by atoms with van der Waals surface area (Å²) in [5.74, 6) is 0.747. The molecule has 3 aromatic heterocycles. The van der Waals surface area contributed by atoms with Crippen molar-refractivity contribution in [3.05, 3.63) is 52.2 Å². The van der Waals surface area contributed by atoms with Gasteiger partial charge in [-0.3, -0.25) is 14.0 Å². The molecular weight excluding hydrogens is 446 g/mol. The number of rotatable bonds is 2. The van der Waals surface area contributed by atoms with Gasteiger partial charge >= 0.3 is 0 Å². The van der Waals surface area contributed by atoms with E-state index in [1.54, 1.807) is 0 Å². The van der Waals surface area contributed by atoms with Gasteiger partial charge in [0.15, 0.2) is 5.65 Å². The van der Waals surface area contributed by atoms with Crippen LogP contribution < -0.4 is 10.3 Å². The van der Waals surface area contributed by atoms with Gasteiger partial charge in [0, 0.05) is 32.7 Å². The number of carbonyl (C=O) groups is 1. The van der Waals surface area contributed by atoms with Crippen molar-refractivity contribution in [3.8, 4) is 0 Å². The number of carbonyl (C=O) groups excluding carboxylic acids is 1. The van der Waals surface area contributed by atoms with Crippen molar-refractivity contribution < 1.29 is 4.79 Å². The molecule has 2 aliphatic heterocycles. The third kappa shape index (κ3) is 3.56. The van der Waals surface area contributed by atoms with Crippen LogP contribution in [0.1, 0.15) is 36.0 Å².